The second-order valence-electron chi connectivity index (χ2n) is 13.3. The molecule has 0 saturated carbocycles. The average molecular weight is 770 g/mol. The third-order valence-corrected chi connectivity index (χ3v) is 11.6. The van der Waals surface area contributed by atoms with Crippen LogP contribution in [-0.4, -0.2) is 52.4 Å². The van der Waals surface area contributed by atoms with Crippen LogP contribution in [0.15, 0.2) is 139 Å². The van der Waals surface area contributed by atoms with E-state index in [0.717, 1.165) is 43.5 Å². The zero-order valence-corrected chi connectivity index (χ0v) is 32.1. The molecule has 5 aromatic carbocycles. The van der Waals surface area contributed by atoms with Crippen LogP contribution in [0.25, 0.3) is 21.2 Å². The lowest BCUT2D eigenvalue weighted by molar-refractivity contribution is -0.132. The van der Waals surface area contributed by atoms with Crippen molar-refractivity contribution in [3.05, 3.63) is 167 Å². The molecule has 4 N–H and O–H groups in total. The summed E-state index contributed by atoms with van der Waals surface area (Å²) in [5.74, 6) is -2.05. The lowest BCUT2D eigenvalue weighted by atomic mass is 9.99. The largest absolute Gasteiger partial charge is 0.478 e. The highest BCUT2D eigenvalue weighted by Gasteiger charge is 2.30. The van der Waals surface area contributed by atoms with Gasteiger partial charge in [-0.1, -0.05) is 115 Å². The average Bonchev–Trinajstić information content (AvgIpc) is 3.63. The molecule has 55 heavy (non-hydrogen) atoms. The Hall–Kier alpha value is -5.71. The van der Waals surface area contributed by atoms with Crippen molar-refractivity contribution in [1.82, 2.24) is 16.0 Å². The van der Waals surface area contributed by atoms with Gasteiger partial charge in [0, 0.05) is 24.1 Å². The van der Waals surface area contributed by atoms with E-state index in [1.165, 1.54) is 11.8 Å². The van der Waals surface area contributed by atoms with Gasteiger partial charge in [-0.3, -0.25) is 14.4 Å². The van der Waals surface area contributed by atoms with Gasteiger partial charge in [-0.25, -0.2) is 4.79 Å². The Morgan fingerprint density at radius 1 is 0.636 bits per heavy atom. The number of thiophene rings is 1. The van der Waals surface area contributed by atoms with Crippen molar-refractivity contribution in [1.29, 1.82) is 0 Å². The first-order chi connectivity index (χ1) is 26.8. The van der Waals surface area contributed by atoms with Crippen LogP contribution in [0, 0.1) is 0 Å². The highest BCUT2D eigenvalue weighted by molar-refractivity contribution is 7.99. The molecule has 3 atom stereocenters. The fourth-order valence-electron chi connectivity index (χ4n) is 6.44. The van der Waals surface area contributed by atoms with Crippen molar-refractivity contribution in [3.63, 3.8) is 0 Å². The molecule has 0 spiro atoms. The number of nitrogens with one attached hydrogen (secondary N) is 3. The van der Waals surface area contributed by atoms with Gasteiger partial charge in [0.2, 0.25) is 17.7 Å². The van der Waals surface area contributed by atoms with Gasteiger partial charge in [0.1, 0.15) is 12.1 Å². The first-order valence-corrected chi connectivity index (χ1v) is 20.3. The van der Waals surface area contributed by atoms with E-state index in [4.69, 9.17) is 0 Å². The van der Waals surface area contributed by atoms with E-state index in [1.807, 2.05) is 121 Å². The first-order valence-electron chi connectivity index (χ1n) is 18.1. The van der Waals surface area contributed by atoms with Crippen LogP contribution < -0.4 is 16.0 Å². The van der Waals surface area contributed by atoms with Crippen LogP contribution in [0.3, 0.4) is 0 Å². The third kappa shape index (κ3) is 10.7. The lowest BCUT2D eigenvalue weighted by Crippen LogP contribution is -2.56. The second-order valence-corrected chi connectivity index (χ2v) is 15.3. The van der Waals surface area contributed by atoms with Gasteiger partial charge in [0.05, 0.1) is 10.8 Å². The fourth-order valence-corrected chi connectivity index (χ4v) is 8.05. The predicted molar refractivity (Wildman–Crippen MR) is 222 cm³/mol. The number of aromatic carboxylic acids is 1. The monoisotopic (exact) mass is 769 g/mol. The summed E-state index contributed by atoms with van der Waals surface area (Å²) < 4.78 is 1.09. The molecule has 6 rings (SSSR count). The molecule has 3 amide bonds. The van der Waals surface area contributed by atoms with Crippen LogP contribution in [-0.2, 0) is 40.2 Å². The van der Waals surface area contributed by atoms with Crippen molar-refractivity contribution in [3.8, 4) is 11.1 Å². The molecule has 0 aliphatic rings. The van der Waals surface area contributed by atoms with Crippen molar-refractivity contribution < 1.29 is 24.3 Å². The van der Waals surface area contributed by atoms with Gasteiger partial charge in [-0.05, 0) is 81.4 Å². The molecule has 2 unspecified atom stereocenters. The maximum Gasteiger partial charge on any atom is 0.335 e. The number of fused-ring (bicyclic) bond motifs is 1. The molecular weight excluding hydrogens is 727 g/mol. The minimum absolute atomic E-state index is 0.202. The molecule has 8 nitrogen and oxygen atoms in total. The molecule has 0 bridgehead atoms. The van der Waals surface area contributed by atoms with Crippen LogP contribution in [0.5, 0.6) is 0 Å². The molecule has 0 radical (unpaired) electrons. The number of thioether (sulfide) groups is 1. The number of carbonyl (C=O) groups is 4. The topological polar surface area (TPSA) is 125 Å². The minimum atomic E-state index is -0.994. The molecule has 1 aromatic heterocycles. The number of hydrogen-bond donors (Lipinski definition) is 4. The van der Waals surface area contributed by atoms with E-state index in [-0.39, 0.29) is 30.2 Å². The zero-order valence-electron chi connectivity index (χ0n) is 30.4. The maximum atomic E-state index is 14.4. The third-order valence-electron chi connectivity index (χ3n) is 9.53. The van der Waals surface area contributed by atoms with Crippen LogP contribution >= 0.6 is 23.1 Å². The summed E-state index contributed by atoms with van der Waals surface area (Å²) in [6, 6.07) is 40.3. The van der Waals surface area contributed by atoms with Crippen molar-refractivity contribution >= 4 is 56.9 Å². The molecule has 0 saturated heterocycles. The molecule has 6 aromatic rings. The summed E-state index contributed by atoms with van der Waals surface area (Å²) in [5.41, 5.74) is 5.97. The van der Waals surface area contributed by atoms with Crippen molar-refractivity contribution in [2.45, 2.75) is 49.6 Å². The lowest BCUT2D eigenvalue weighted by Gasteiger charge is -2.25. The van der Waals surface area contributed by atoms with Crippen molar-refractivity contribution in [2.24, 2.45) is 0 Å². The van der Waals surface area contributed by atoms with Crippen molar-refractivity contribution in [2.75, 3.05) is 6.26 Å². The summed E-state index contributed by atoms with van der Waals surface area (Å²) in [4.78, 5) is 53.4. The van der Waals surface area contributed by atoms with Gasteiger partial charge in [0.25, 0.3) is 0 Å². The van der Waals surface area contributed by atoms with Gasteiger partial charge >= 0.3 is 5.97 Å². The van der Waals surface area contributed by atoms with E-state index >= 15 is 0 Å². The number of rotatable bonds is 17. The number of carbonyl (C=O) groups excluding carboxylic acids is 3. The summed E-state index contributed by atoms with van der Waals surface area (Å²) in [6.07, 6.45) is 3.37. The zero-order chi connectivity index (χ0) is 38.6. The summed E-state index contributed by atoms with van der Waals surface area (Å²) in [5, 5.41) is 20.9. The first kappa shape index (κ1) is 39.0. The van der Waals surface area contributed by atoms with E-state index < -0.39 is 29.2 Å². The summed E-state index contributed by atoms with van der Waals surface area (Å²) in [7, 11) is 0. The normalized spacial score (nSPS) is 12.7. The SMILES string of the molecule is CS[C@@H](CCc1ccc(C(=O)O)cc1)C(=O)NC(Cc1ccc(-c2ccccc2)cc1)C(=O)NC(Cc1csc2ccccc12)C(=O)NCc1ccccc1. The maximum absolute atomic E-state index is 14.4. The number of benzene rings is 5. The molecular formula is C45H43N3O5S2. The van der Waals surface area contributed by atoms with E-state index in [9.17, 15) is 24.3 Å². The number of aryl methyl sites for hydroxylation is 1. The van der Waals surface area contributed by atoms with Crippen LogP contribution in [0.4, 0.5) is 0 Å². The Bertz CT molecular complexity index is 2210. The molecule has 10 heteroatoms. The molecule has 0 fully saturated rings. The summed E-state index contributed by atoms with van der Waals surface area (Å²) >= 11 is 2.98. The van der Waals surface area contributed by atoms with Gasteiger partial charge < -0.3 is 21.1 Å². The standard InChI is InChI=1S/C45H43N3O5S2/c1-54-41(25-20-30-16-23-35(24-17-30)45(52)53)44(51)48-38(26-31-18-21-34(22-19-31)33-12-6-3-7-13-33)43(50)47-39(42(49)46-28-32-10-4-2-5-11-32)27-36-29-55-40-15-9-8-14-37(36)40/h2-19,21-24,29,38-39,41H,20,25-28H2,1H3,(H,46,49)(H,47,50)(H,48,51)(H,52,53)/t38?,39?,41-/m0/s1. The number of carboxylic acid groups (broad SMARTS) is 1. The Kier molecular flexibility index (Phi) is 13.5. The van der Waals surface area contributed by atoms with E-state index in [0.29, 0.717) is 19.4 Å². The highest BCUT2D eigenvalue weighted by atomic mass is 32.2. The van der Waals surface area contributed by atoms with Gasteiger partial charge in [0.15, 0.2) is 0 Å². The van der Waals surface area contributed by atoms with E-state index in [1.54, 1.807) is 35.6 Å². The molecule has 280 valence electrons. The smallest absolute Gasteiger partial charge is 0.335 e. The van der Waals surface area contributed by atoms with Crippen LogP contribution in [0.1, 0.15) is 39.0 Å². The number of carboxylic acids is 1. The quantitative estimate of drug-likeness (QED) is 0.0754. The molecule has 1 heterocycles. The molecule has 0 aliphatic heterocycles. The Labute approximate surface area is 329 Å². The van der Waals surface area contributed by atoms with Crippen LogP contribution in [0.2, 0.25) is 0 Å². The summed E-state index contributed by atoms with van der Waals surface area (Å²) in [6.45, 7) is 0.304. The Balaban J connectivity index is 1.23. The number of amides is 3. The minimum Gasteiger partial charge on any atom is -0.478 e. The predicted octanol–water partition coefficient (Wildman–Crippen LogP) is 7.70. The van der Waals surface area contributed by atoms with Gasteiger partial charge in [-0.15, -0.1) is 11.3 Å². The fraction of sp³-hybridized carbons (Fsp3) is 0.200. The second kappa shape index (κ2) is 19.1. The van der Waals surface area contributed by atoms with Gasteiger partial charge in [-0.2, -0.15) is 11.8 Å². The molecule has 0 aliphatic carbocycles. The number of hydrogen-bond acceptors (Lipinski definition) is 6. The Morgan fingerprint density at radius 3 is 1.93 bits per heavy atom. The highest BCUT2D eigenvalue weighted by Crippen LogP contribution is 2.27. The van der Waals surface area contributed by atoms with E-state index in [2.05, 4.69) is 16.0 Å². The Morgan fingerprint density at radius 2 is 1.24 bits per heavy atom.